The lowest BCUT2D eigenvalue weighted by Crippen LogP contribution is -2.43. The van der Waals surface area contributed by atoms with Crippen LogP contribution in [0, 0.1) is 0 Å². The third kappa shape index (κ3) is 3.93. The zero-order valence-corrected chi connectivity index (χ0v) is 12.2. The molecule has 104 valence electrons. The fourth-order valence-electron chi connectivity index (χ4n) is 2.19. The molecule has 0 aliphatic carbocycles. The number of nitrogens with zero attached hydrogens (tertiary/aromatic N) is 3. The van der Waals surface area contributed by atoms with E-state index in [1.165, 1.54) is 12.8 Å². The molecule has 1 fully saturated rings. The van der Waals surface area contributed by atoms with Crippen LogP contribution in [-0.2, 0) is 6.54 Å². The van der Waals surface area contributed by atoms with E-state index in [1.807, 2.05) is 7.05 Å². The van der Waals surface area contributed by atoms with E-state index < -0.39 is 0 Å². The van der Waals surface area contributed by atoms with Crippen LogP contribution >= 0.6 is 12.4 Å². The normalized spacial score (nSPS) is 21.0. The van der Waals surface area contributed by atoms with Crippen molar-refractivity contribution in [1.29, 1.82) is 0 Å². The number of likely N-dealkylation sites (tertiary alicyclic amines) is 1. The minimum atomic E-state index is 0. The highest BCUT2D eigenvalue weighted by atomic mass is 35.5. The van der Waals surface area contributed by atoms with E-state index in [0.717, 1.165) is 31.3 Å². The van der Waals surface area contributed by atoms with E-state index >= 15 is 0 Å². The van der Waals surface area contributed by atoms with Gasteiger partial charge in [0.25, 0.3) is 0 Å². The summed E-state index contributed by atoms with van der Waals surface area (Å²) in [5.41, 5.74) is 0. The number of likely N-dealkylation sites (N-methyl/N-ethyl adjacent to an activating group) is 1. The second kappa shape index (κ2) is 7.07. The van der Waals surface area contributed by atoms with Crippen molar-refractivity contribution in [2.24, 2.45) is 0 Å². The smallest absolute Gasteiger partial charge is 0.240 e. The molecule has 1 aromatic rings. The fraction of sp³-hybridized carbons (Fsp3) is 0.833. The number of nitrogens with one attached hydrogen (secondary N) is 1. The second-order valence-electron chi connectivity index (χ2n) is 5.06. The zero-order chi connectivity index (χ0) is 12.3. The van der Waals surface area contributed by atoms with Gasteiger partial charge in [0, 0.05) is 18.5 Å². The first kappa shape index (κ1) is 15.4. The molecule has 0 bridgehead atoms. The van der Waals surface area contributed by atoms with Crippen LogP contribution < -0.4 is 5.32 Å². The van der Waals surface area contributed by atoms with Gasteiger partial charge in [-0.2, -0.15) is 4.98 Å². The van der Waals surface area contributed by atoms with Crippen LogP contribution in [0.25, 0.3) is 0 Å². The summed E-state index contributed by atoms with van der Waals surface area (Å²) in [6, 6.07) is 0.594. The Morgan fingerprint density at radius 1 is 1.50 bits per heavy atom. The molecule has 0 radical (unpaired) electrons. The van der Waals surface area contributed by atoms with Crippen LogP contribution in [0.4, 0.5) is 0 Å². The van der Waals surface area contributed by atoms with Gasteiger partial charge in [-0.1, -0.05) is 19.0 Å². The van der Waals surface area contributed by atoms with E-state index in [0.29, 0.717) is 12.0 Å². The molecule has 0 spiro atoms. The SMILES string of the molecule is CNC1CCCN(Cc2nc(C(C)C)no2)C1.Cl. The molecule has 1 aliphatic rings. The van der Waals surface area contributed by atoms with E-state index in [9.17, 15) is 0 Å². The van der Waals surface area contributed by atoms with Crippen molar-refractivity contribution in [3.8, 4) is 0 Å². The van der Waals surface area contributed by atoms with Gasteiger partial charge >= 0.3 is 0 Å². The number of aromatic nitrogens is 2. The van der Waals surface area contributed by atoms with Gasteiger partial charge in [0.2, 0.25) is 5.89 Å². The molecule has 18 heavy (non-hydrogen) atoms. The molecule has 6 heteroatoms. The number of halogens is 1. The minimum absolute atomic E-state index is 0. The average Bonchev–Trinajstić information content (AvgIpc) is 2.78. The Morgan fingerprint density at radius 3 is 2.89 bits per heavy atom. The van der Waals surface area contributed by atoms with E-state index in [-0.39, 0.29) is 12.4 Å². The maximum Gasteiger partial charge on any atom is 0.240 e. The minimum Gasteiger partial charge on any atom is -0.338 e. The predicted octanol–water partition coefficient (Wildman–Crippen LogP) is 1.80. The Balaban J connectivity index is 0.00000162. The Labute approximate surface area is 115 Å². The summed E-state index contributed by atoms with van der Waals surface area (Å²) in [6.45, 7) is 7.12. The van der Waals surface area contributed by atoms with Gasteiger partial charge < -0.3 is 9.84 Å². The molecule has 1 saturated heterocycles. The van der Waals surface area contributed by atoms with Crippen LogP contribution in [0.15, 0.2) is 4.52 Å². The van der Waals surface area contributed by atoms with Crippen molar-refractivity contribution in [2.75, 3.05) is 20.1 Å². The number of rotatable bonds is 4. The summed E-state index contributed by atoms with van der Waals surface area (Å²) in [7, 11) is 2.03. The highest BCUT2D eigenvalue weighted by molar-refractivity contribution is 5.85. The third-order valence-electron chi connectivity index (χ3n) is 3.27. The van der Waals surface area contributed by atoms with E-state index in [2.05, 4.69) is 34.2 Å². The molecule has 0 amide bonds. The molecule has 1 atom stereocenters. The van der Waals surface area contributed by atoms with E-state index in [4.69, 9.17) is 4.52 Å². The van der Waals surface area contributed by atoms with E-state index in [1.54, 1.807) is 0 Å². The van der Waals surface area contributed by atoms with Gasteiger partial charge in [0.05, 0.1) is 6.54 Å². The molecule has 1 unspecified atom stereocenters. The lowest BCUT2D eigenvalue weighted by atomic mass is 10.1. The number of hydrogen-bond acceptors (Lipinski definition) is 5. The highest BCUT2D eigenvalue weighted by Gasteiger charge is 2.20. The Bertz CT molecular complexity index is 356. The molecule has 1 aliphatic heterocycles. The van der Waals surface area contributed by atoms with Crippen molar-refractivity contribution in [2.45, 2.75) is 45.2 Å². The molecular weight excluding hydrogens is 252 g/mol. The number of piperidine rings is 1. The standard InChI is InChI=1S/C12H22N4O.ClH/c1-9(2)12-14-11(17-15-12)8-16-6-4-5-10(7-16)13-3;/h9-10,13H,4-8H2,1-3H3;1H. The summed E-state index contributed by atoms with van der Waals surface area (Å²) in [5, 5.41) is 7.33. The van der Waals surface area contributed by atoms with Gasteiger partial charge in [0.15, 0.2) is 5.82 Å². The molecule has 1 aromatic heterocycles. The third-order valence-corrected chi connectivity index (χ3v) is 3.27. The first-order valence-corrected chi connectivity index (χ1v) is 6.41. The van der Waals surface area contributed by atoms with Gasteiger partial charge in [-0.05, 0) is 26.4 Å². The lowest BCUT2D eigenvalue weighted by Gasteiger charge is -2.31. The summed E-state index contributed by atoms with van der Waals surface area (Å²) in [5.74, 6) is 1.88. The van der Waals surface area contributed by atoms with Gasteiger partial charge in [-0.15, -0.1) is 12.4 Å². The summed E-state index contributed by atoms with van der Waals surface area (Å²) < 4.78 is 5.27. The maximum absolute atomic E-state index is 5.27. The molecule has 0 aromatic carbocycles. The lowest BCUT2D eigenvalue weighted by molar-refractivity contribution is 0.167. The van der Waals surface area contributed by atoms with Crippen LogP contribution in [0.3, 0.4) is 0 Å². The maximum atomic E-state index is 5.27. The first-order chi connectivity index (χ1) is 8.19. The summed E-state index contributed by atoms with van der Waals surface area (Å²) >= 11 is 0. The van der Waals surface area contributed by atoms with Crippen molar-refractivity contribution in [3.63, 3.8) is 0 Å². The van der Waals surface area contributed by atoms with Crippen molar-refractivity contribution < 1.29 is 4.52 Å². The Hall–Kier alpha value is -0.650. The van der Waals surface area contributed by atoms with Crippen molar-refractivity contribution >= 4 is 12.4 Å². The van der Waals surface area contributed by atoms with Crippen LogP contribution in [0.5, 0.6) is 0 Å². The average molecular weight is 275 g/mol. The summed E-state index contributed by atoms with van der Waals surface area (Å²) in [4.78, 5) is 6.79. The summed E-state index contributed by atoms with van der Waals surface area (Å²) in [6.07, 6.45) is 2.49. The predicted molar refractivity (Wildman–Crippen MR) is 73.0 cm³/mol. The highest BCUT2D eigenvalue weighted by Crippen LogP contribution is 2.14. The van der Waals surface area contributed by atoms with Crippen LogP contribution in [0.2, 0.25) is 0 Å². The Kier molecular flexibility index (Phi) is 6.05. The molecule has 2 heterocycles. The fourth-order valence-corrected chi connectivity index (χ4v) is 2.19. The van der Waals surface area contributed by atoms with Gasteiger partial charge in [-0.3, -0.25) is 4.90 Å². The van der Waals surface area contributed by atoms with Crippen molar-refractivity contribution in [3.05, 3.63) is 11.7 Å². The molecule has 0 saturated carbocycles. The first-order valence-electron chi connectivity index (χ1n) is 6.41. The molecular formula is C12H23ClN4O. The largest absolute Gasteiger partial charge is 0.338 e. The Morgan fingerprint density at radius 2 is 2.28 bits per heavy atom. The van der Waals surface area contributed by atoms with Gasteiger partial charge in [0.1, 0.15) is 0 Å². The van der Waals surface area contributed by atoms with Crippen molar-refractivity contribution in [1.82, 2.24) is 20.4 Å². The monoisotopic (exact) mass is 274 g/mol. The zero-order valence-electron chi connectivity index (χ0n) is 11.3. The quantitative estimate of drug-likeness (QED) is 0.907. The molecule has 1 N–H and O–H groups in total. The van der Waals surface area contributed by atoms with Crippen LogP contribution in [-0.4, -0.2) is 41.2 Å². The van der Waals surface area contributed by atoms with Gasteiger partial charge in [-0.25, -0.2) is 0 Å². The van der Waals surface area contributed by atoms with Crippen LogP contribution in [0.1, 0.15) is 44.3 Å². The molecule has 2 rings (SSSR count). The second-order valence-corrected chi connectivity index (χ2v) is 5.06. The number of hydrogen-bond donors (Lipinski definition) is 1. The topological polar surface area (TPSA) is 54.2 Å². The molecule has 5 nitrogen and oxygen atoms in total.